The minimum atomic E-state index is -4.43. The Balaban J connectivity index is 0.00000171. The number of halogens is 3. The van der Waals surface area contributed by atoms with E-state index < -0.39 is 11.7 Å². The lowest BCUT2D eigenvalue weighted by molar-refractivity contribution is -0.137. The van der Waals surface area contributed by atoms with Crippen LogP contribution >= 0.6 is 13.5 Å². The summed E-state index contributed by atoms with van der Waals surface area (Å²) in [5.74, 6) is -0.314. The van der Waals surface area contributed by atoms with Crippen molar-refractivity contribution >= 4 is 36.5 Å². The minimum Gasteiger partial charge on any atom is -0.305 e. The molecule has 5 rings (SSSR count). The van der Waals surface area contributed by atoms with E-state index in [1.54, 1.807) is 23.3 Å². The Morgan fingerprint density at radius 2 is 1.80 bits per heavy atom. The third kappa shape index (κ3) is 4.62. The first-order valence-corrected chi connectivity index (χ1v) is 10.5. The smallest absolute Gasteiger partial charge is 0.305 e. The van der Waals surface area contributed by atoms with Crippen molar-refractivity contribution in [3.63, 3.8) is 0 Å². The van der Waals surface area contributed by atoms with E-state index in [4.69, 9.17) is 4.99 Å². The zero-order chi connectivity index (χ0) is 23.3. The number of carbonyl (C=O) groups excluding carboxylic acids is 1. The quantitative estimate of drug-likeness (QED) is 0.450. The van der Waals surface area contributed by atoms with Crippen LogP contribution in [0.15, 0.2) is 65.6 Å². The summed E-state index contributed by atoms with van der Waals surface area (Å²) in [4.78, 5) is 24.0. The molecule has 2 aliphatic heterocycles. The van der Waals surface area contributed by atoms with Gasteiger partial charge in [-0.2, -0.15) is 31.8 Å². The number of hydrogen-bond donors (Lipinski definition) is 0. The van der Waals surface area contributed by atoms with Gasteiger partial charge in [0.25, 0.3) is 5.91 Å². The topological polar surface area (TPSA) is 63.4 Å². The molecule has 0 bridgehead atoms. The second-order valence-electron chi connectivity index (χ2n) is 8.27. The van der Waals surface area contributed by atoms with E-state index in [1.807, 2.05) is 26.0 Å². The second kappa shape index (κ2) is 9.69. The van der Waals surface area contributed by atoms with Crippen molar-refractivity contribution in [3.8, 4) is 0 Å². The number of pyridine rings is 1. The van der Waals surface area contributed by atoms with Gasteiger partial charge in [0.2, 0.25) is 0 Å². The first kappa shape index (κ1) is 26.2. The number of aliphatic imine (C=N–C) groups is 1. The number of carbonyl (C=O) groups is 1. The van der Waals surface area contributed by atoms with Crippen LogP contribution in [0.2, 0.25) is 0 Å². The molecule has 2 aromatic heterocycles. The molecule has 0 radical (unpaired) electrons. The van der Waals surface area contributed by atoms with Gasteiger partial charge < -0.3 is 4.90 Å². The van der Waals surface area contributed by atoms with Crippen molar-refractivity contribution in [1.82, 2.24) is 14.8 Å². The number of hydrogen-bond acceptors (Lipinski definition) is 4. The van der Waals surface area contributed by atoms with Crippen molar-refractivity contribution in [2.24, 2.45) is 4.99 Å². The van der Waals surface area contributed by atoms with Crippen LogP contribution in [0.25, 0.3) is 5.70 Å². The minimum absolute atomic E-state index is 0. The predicted molar refractivity (Wildman–Crippen MR) is 135 cm³/mol. The second-order valence-corrected chi connectivity index (χ2v) is 8.27. The summed E-state index contributed by atoms with van der Waals surface area (Å²) in [6, 6.07) is 8.28. The SMILES string of the molecule is C.CC1=C(c2cnn3c2C(=O)N(c2ccc(C(F)(F)F)cc2)C[C@@H]3C)N=C(c2cccnc2)C1.S. The molecule has 2 aliphatic rings. The van der Waals surface area contributed by atoms with Crippen LogP contribution in [-0.4, -0.2) is 32.9 Å². The highest BCUT2D eigenvalue weighted by Crippen LogP contribution is 2.37. The zero-order valence-corrected chi connectivity index (χ0v) is 19.5. The van der Waals surface area contributed by atoms with Gasteiger partial charge in [-0.15, -0.1) is 0 Å². The highest BCUT2D eigenvalue weighted by atomic mass is 32.1. The van der Waals surface area contributed by atoms with Crippen LogP contribution in [0.1, 0.15) is 60.9 Å². The van der Waals surface area contributed by atoms with Gasteiger partial charge in [0, 0.05) is 36.6 Å². The number of benzene rings is 1. The molecule has 3 aromatic rings. The molecule has 0 saturated carbocycles. The fourth-order valence-corrected chi connectivity index (χ4v) is 4.28. The maximum absolute atomic E-state index is 13.5. The lowest BCUT2D eigenvalue weighted by atomic mass is 10.0. The molecule has 0 aliphatic carbocycles. The highest BCUT2D eigenvalue weighted by Gasteiger charge is 2.36. The summed E-state index contributed by atoms with van der Waals surface area (Å²) in [7, 11) is 0. The molecule has 0 saturated heterocycles. The summed E-state index contributed by atoms with van der Waals surface area (Å²) in [6.45, 7) is 4.20. The summed E-state index contributed by atoms with van der Waals surface area (Å²) in [5.41, 5.74) is 4.17. The maximum Gasteiger partial charge on any atom is 0.416 e. The molecule has 1 amide bonds. The molecule has 10 heteroatoms. The third-order valence-corrected chi connectivity index (χ3v) is 5.95. The first-order valence-electron chi connectivity index (χ1n) is 10.5. The molecular formula is C25H26F3N5OS. The van der Waals surface area contributed by atoms with Crippen molar-refractivity contribution in [2.75, 3.05) is 11.4 Å². The standard InChI is InChI=1S/C24H20F3N5O.CH4.H2S/c1-14-10-20(16-4-3-9-28-11-16)30-21(14)19-12-29-32-15(2)13-31(23(33)22(19)32)18-7-5-17(6-8-18)24(25,26)27;;/h3-9,11-12,15H,10,13H2,1-2H3;1H4;1H2/t15-;;/m0../s1. The fraction of sp³-hybridized carbons (Fsp3) is 0.280. The summed E-state index contributed by atoms with van der Waals surface area (Å²) >= 11 is 0. The van der Waals surface area contributed by atoms with E-state index in [-0.39, 0.29) is 32.9 Å². The van der Waals surface area contributed by atoms with Gasteiger partial charge in [-0.05, 0) is 49.8 Å². The molecule has 6 nitrogen and oxygen atoms in total. The van der Waals surface area contributed by atoms with E-state index in [0.29, 0.717) is 35.6 Å². The van der Waals surface area contributed by atoms with Crippen LogP contribution in [0.5, 0.6) is 0 Å². The monoisotopic (exact) mass is 501 g/mol. The van der Waals surface area contributed by atoms with Crippen molar-refractivity contribution in [3.05, 3.63) is 82.9 Å². The molecule has 4 heterocycles. The lowest BCUT2D eigenvalue weighted by Gasteiger charge is -2.32. The molecule has 35 heavy (non-hydrogen) atoms. The number of alkyl halides is 3. The number of allylic oxidation sites excluding steroid dienone is 1. The normalized spacial score (nSPS) is 17.5. The number of anilines is 1. The molecule has 1 atom stereocenters. The van der Waals surface area contributed by atoms with E-state index in [0.717, 1.165) is 29.0 Å². The Morgan fingerprint density at radius 1 is 1.09 bits per heavy atom. The predicted octanol–water partition coefficient (Wildman–Crippen LogP) is 5.89. The van der Waals surface area contributed by atoms with E-state index in [2.05, 4.69) is 10.1 Å². The van der Waals surface area contributed by atoms with Crippen LogP contribution in [0.3, 0.4) is 0 Å². The van der Waals surface area contributed by atoms with Crippen molar-refractivity contribution < 1.29 is 18.0 Å². The first-order chi connectivity index (χ1) is 15.7. The Labute approximate surface area is 208 Å². The van der Waals surface area contributed by atoms with Crippen LogP contribution < -0.4 is 4.90 Å². The molecule has 1 aromatic carbocycles. The number of fused-ring (bicyclic) bond motifs is 1. The van der Waals surface area contributed by atoms with Gasteiger partial charge in [-0.25, -0.2) is 0 Å². The van der Waals surface area contributed by atoms with Gasteiger partial charge >= 0.3 is 6.18 Å². The largest absolute Gasteiger partial charge is 0.416 e. The maximum atomic E-state index is 13.5. The average Bonchev–Trinajstić information content (AvgIpc) is 3.40. The van der Waals surface area contributed by atoms with Crippen LogP contribution in [0.4, 0.5) is 18.9 Å². The van der Waals surface area contributed by atoms with Gasteiger partial charge in [0.1, 0.15) is 5.69 Å². The zero-order valence-electron chi connectivity index (χ0n) is 18.5. The van der Waals surface area contributed by atoms with E-state index in [9.17, 15) is 18.0 Å². The number of amides is 1. The van der Waals surface area contributed by atoms with Gasteiger partial charge in [0.15, 0.2) is 0 Å². The number of aromatic nitrogens is 3. The number of rotatable bonds is 3. The lowest BCUT2D eigenvalue weighted by Crippen LogP contribution is -2.43. The third-order valence-electron chi connectivity index (χ3n) is 5.95. The Hall–Kier alpha value is -3.40. The average molecular weight is 502 g/mol. The fourth-order valence-electron chi connectivity index (χ4n) is 4.28. The van der Waals surface area contributed by atoms with Gasteiger partial charge in [-0.3, -0.25) is 19.5 Å². The summed E-state index contributed by atoms with van der Waals surface area (Å²) in [5, 5.41) is 4.44. The molecule has 0 unspecified atom stereocenters. The number of nitrogens with zero attached hydrogens (tertiary/aromatic N) is 5. The highest BCUT2D eigenvalue weighted by molar-refractivity contribution is 7.59. The van der Waals surface area contributed by atoms with Gasteiger partial charge in [0.05, 0.1) is 34.8 Å². The van der Waals surface area contributed by atoms with Crippen LogP contribution in [0, 0.1) is 0 Å². The van der Waals surface area contributed by atoms with E-state index >= 15 is 0 Å². The Bertz CT molecular complexity index is 1300. The van der Waals surface area contributed by atoms with Crippen molar-refractivity contribution in [2.45, 2.75) is 39.9 Å². The van der Waals surface area contributed by atoms with Gasteiger partial charge in [-0.1, -0.05) is 13.5 Å². The van der Waals surface area contributed by atoms with E-state index in [1.165, 1.54) is 17.0 Å². The Kier molecular flexibility index (Phi) is 7.26. The van der Waals surface area contributed by atoms with Crippen molar-refractivity contribution in [1.29, 1.82) is 0 Å². The molecule has 0 N–H and O–H groups in total. The van der Waals surface area contributed by atoms with Crippen LogP contribution in [-0.2, 0) is 6.18 Å². The molecular weight excluding hydrogens is 475 g/mol. The molecule has 0 fully saturated rings. The summed E-state index contributed by atoms with van der Waals surface area (Å²) < 4.78 is 40.6. The Morgan fingerprint density at radius 3 is 2.43 bits per heavy atom. The molecule has 0 spiro atoms. The summed E-state index contributed by atoms with van der Waals surface area (Å²) in [6.07, 6.45) is 1.30. The molecule has 184 valence electrons.